The van der Waals surface area contributed by atoms with Gasteiger partial charge in [-0.25, -0.2) is 22.2 Å². The van der Waals surface area contributed by atoms with Crippen molar-refractivity contribution in [2.45, 2.75) is 47.5 Å². The van der Waals surface area contributed by atoms with Crippen LogP contribution in [0.3, 0.4) is 0 Å². The van der Waals surface area contributed by atoms with E-state index in [4.69, 9.17) is 20.1 Å². The van der Waals surface area contributed by atoms with Crippen LogP contribution in [0.5, 0.6) is 11.6 Å². The molecule has 2 aromatic carbocycles. The fourth-order valence-electron chi connectivity index (χ4n) is 5.85. The van der Waals surface area contributed by atoms with Crippen LogP contribution in [0.4, 0.5) is 8.78 Å². The molecule has 2 saturated heterocycles. The second-order valence-electron chi connectivity index (χ2n) is 10.2. The number of sulfone groups is 1. The summed E-state index contributed by atoms with van der Waals surface area (Å²) in [5.74, 6) is -1.12. The Hall–Kier alpha value is -3.88. The summed E-state index contributed by atoms with van der Waals surface area (Å²) in [6.45, 7) is 2.89. The summed E-state index contributed by atoms with van der Waals surface area (Å²) in [5, 5.41) is 20.7. The Kier molecular flexibility index (Phi) is 5.03. The Morgan fingerprint density at radius 2 is 1.89 bits per heavy atom. The minimum atomic E-state index is -4.11. The molecule has 38 heavy (non-hydrogen) atoms. The van der Waals surface area contributed by atoms with E-state index >= 15 is 4.39 Å². The van der Waals surface area contributed by atoms with Crippen LogP contribution in [0.15, 0.2) is 60.8 Å². The number of nitrogens with zero attached hydrogens (tertiary/aromatic N) is 2. The van der Waals surface area contributed by atoms with Crippen molar-refractivity contribution in [2.24, 2.45) is 0 Å². The molecule has 0 amide bonds. The molecule has 1 saturated carbocycles. The fraction of sp³-hybridized carbons (Fsp3) is 0.296. The average Bonchev–Trinajstić information content (AvgIpc) is 3.21. The van der Waals surface area contributed by atoms with E-state index in [0.717, 1.165) is 6.07 Å². The van der Waals surface area contributed by atoms with E-state index in [9.17, 15) is 12.8 Å². The van der Waals surface area contributed by atoms with Crippen molar-refractivity contribution in [1.82, 2.24) is 10.3 Å². The van der Waals surface area contributed by atoms with Gasteiger partial charge in [-0.15, -0.1) is 0 Å². The van der Waals surface area contributed by atoms with Crippen LogP contribution < -0.4 is 10.1 Å². The molecule has 1 unspecified atom stereocenters. The maximum Gasteiger partial charge on any atom is 0.220 e. The first-order chi connectivity index (χ1) is 18.0. The number of pyridine rings is 1. The van der Waals surface area contributed by atoms with Crippen LogP contribution in [0.1, 0.15) is 43.1 Å². The van der Waals surface area contributed by atoms with Crippen LogP contribution in [-0.2, 0) is 20.1 Å². The summed E-state index contributed by atoms with van der Waals surface area (Å²) in [7, 11) is -4.11. The number of rotatable bonds is 4. The molecular weight excluding hydrogens is 514 g/mol. The largest absolute Gasteiger partial charge is 0.439 e. The van der Waals surface area contributed by atoms with Gasteiger partial charge in [-0.05, 0) is 55.8 Å². The number of amidine groups is 1. The zero-order chi connectivity index (χ0) is 27.1. The van der Waals surface area contributed by atoms with Gasteiger partial charge in [0.05, 0.1) is 17.7 Å². The van der Waals surface area contributed by atoms with Crippen molar-refractivity contribution in [3.63, 3.8) is 0 Å². The number of hydrogen-bond donors (Lipinski definition) is 2. The third kappa shape index (κ3) is 2.98. The fourth-order valence-corrected chi connectivity index (χ4v) is 8.60. The molecule has 3 aliphatic rings. The average molecular weight is 537 g/mol. The summed E-state index contributed by atoms with van der Waals surface area (Å²) in [6.07, 6.45) is -0.277. The predicted molar refractivity (Wildman–Crippen MR) is 132 cm³/mol. The Labute approximate surface area is 217 Å². The predicted octanol–water partition coefficient (Wildman–Crippen LogP) is 4.28. The number of halogens is 2. The van der Waals surface area contributed by atoms with E-state index in [1.165, 1.54) is 68.6 Å². The molecule has 2 N–H and O–H groups in total. The van der Waals surface area contributed by atoms with Gasteiger partial charge < -0.3 is 14.8 Å². The Morgan fingerprint density at radius 1 is 1.16 bits per heavy atom. The van der Waals surface area contributed by atoms with Crippen LogP contribution in [0.25, 0.3) is 0 Å². The minimum absolute atomic E-state index is 0.00830. The lowest BCUT2D eigenvalue weighted by molar-refractivity contribution is 0.0475. The van der Waals surface area contributed by atoms with Gasteiger partial charge >= 0.3 is 0 Å². The summed E-state index contributed by atoms with van der Waals surface area (Å²) in [4.78, 5) is 4.07. The summed E-state index contributed by atoms with van der Waals surface area (Å²) < 4.78 is 66.2. The molecule has 3 aromatic rings. The van der Waals surface area contributed by atoms with Gasteiger partial charge in [-0.1, -0.05) is 12.1 Å². The van der Waals surface area contributed by atoms with Crippen molar-refractivity contribution >= 4 is 15.7 Å². The summed E-state index contributed by atoms with van der Waals surface area (Å²) in [6, 6.07) is 14.5. The number of nitriles is 1. The third-order valence-corrected chi connectivity index (χ3v) is 11.2. The Morgan fingerprint density at radius 3 is 2.61 bits per heavy atom. The number of aromatic nitrogens is 1. The molecule has 2 aliphatic heterocycles. The maximum absolute atomic E-state index is 15.5. The van der Waals surface area contributed by atoms with Gasteiger partial charge in [0, 0.05) is 24.2 Å². The Bertz CT molecular complexity index is 1650. The van der Waals surface area contributed by atoms with Gasteiger partial charge in [0.1, 0.15) is 44.4 Å². The van der Waals surface area contributed by atoms with Crippen LogP contribution in [-0.4, -0.2) is 34.8 Å². The van der Waals surface area contributed by atoms with Crippen molar-refractivity contribution in [3.05, 3.63) is 89.1 Å². The number of ether oxygens (including phenoxy) is 2. The molecule has 3 fully saturated rings. The van der Waals surface area contributed by atoms with Crippen molar-refractivity contribution in [2.75, 3.05) is 0 Å². The van der Waals surface area contributed by atoms with E-state index < -0.39 is 48.7 Å². The lowest BCUT2D eigenvalue weighted by atomic mass is 9.93. The van der Waals surface area contributed by atoms with Gasteiger partial charge in [0.2, 0.25) is 5.88 Å². The second kappa shape index (κ2) is 7.82. The van der Waals surface area contributed by atoms with Gasteiger partial charge in [-0.2, -0.15) is 5.26 Å². The maximum atomic E-state index is 15.5. The molecule has 1 spiro atoms. The Balaban J connectivity index is 1.45. The molecule has 4 atom stereocenters. The van der Waals surface area contributed by atoms with Gasteiger partial charge in [0.15, 0.2) is 9.84 Å². The van der Waals surface area contributed by atoms with E-state index in [1.54, 1.807) is 0 Å². The standard InChI is InChI=1S/C27H22F2N4O4S/c1-25(2)24(31)33-27(19-12-18(7-8-20(19)29)36-22-11-15(14-30)9-10-32-22)23-26(27,38(25,34)35)13-21(37-23)16-3-5-17(28)6-4-16/h3-12,21,23H,13H2,1-2H3,(H2,31,33)/t21-,23?,26+,27+/m1/s1. The number of nitrogens with one attached hydrogen (secondary N) is 2. The minimum Gasteiger partial charge on any atom is -0.439 e. The van der Waals surface area contributed by atoms with E-state index in [1.807, 2.05) is 6.07 Å². The number of hydrogen-bond acceptors (Lipinski definition) is 7. The van der Waals surface area contributed by atoms with Gasteiger partial charge in [0.25, 0.3) is 0 Å². The highest BCUT2D eigenvalue weighted by molar-refractivity contribution is 7.95. The van der Waals surface area contributed by atoms with Crippen LogP contribution in [0, 0.1) is 28.4 Å². The molecule has 0 bridgehead atoms. The molecule has 8 nitrogen and oxygen atoms in total. The topological polar surface area (TPSA) is 125 Å². The molecule has 3 heterocycles. The molecule has 1 aromatic heterocycles. The smallest absolute Gasteiger partial charge is 0.220 e. The molecule has 6 rings (SSSR count). The molecule has 11 heteroatoms. The van der Waals surface area contributed by atoms with Gasteiger partial charge in [-0.3, -0.25) is 5.41 Å². The number of fused-ring (bicyclic) bond motifs is 1. The van der Waals surface area contributed by atoms with Crippen LogP contribution in [0.2, 0.25) is 0 Å². The normalized spacial score (nSPS) is 29.9. The first-order valence-corrected chi connectivity index (χ1v) is 13.3. The lowest BCUT2D eigenvalue weighted by Gasteiger charge is -2.41. The summed E-state index contributed by atoms with van der Waals surface area (Å²) >= 11 is 0. The first kappa shape index (κ1) is 24.5. The van der Waals surface area contributed by atoms with E-state index in [-0.39, 0.29) is 29.4 Å². The second-order valence-corrected chi connectivity index (χ2v) is 13.0. The van der Waals surface area contributed by atoms with Crippen molar-refractivity contribution in [3.8, 4) is 17.7 Å². The molecule has 1 aliphatic carbocycles. The molecule has 0 radical (unpaired) electrons. The van der Waals surface area contributed by atoms with E-state index in [0.29, 0.717) is 11.1 Å². The molecule has 194 valence electrons. The van der Waals surface area contributed by atoms with Crippen molar-refractivity contribution < 1.29 is 26.7 Å². The molecular formula is C27H22F2N4O4S. The van der Waals surface area contributed by atoms with E-state index in [2.05, 4.69) is 10.3 Å². The number of benzene rings is 2. The SMILES string of the molecule is CC1(C)C(=N)N[C@@]2(c3cc(Oc4cc(C#N)ccn4)ccc3F)C3O[C@@H](c4ccc(F)cc4)C[C@]32S1(=O)=O. The highest BCUT2D eigenvalue weighted by atomic mass is 32.2. The van der Waals surface area contributed by atoms with Crippen LogP contribution >= 0.6 is 0 Å². The zero-order valence-corrected chi connectivity index (χ0v) is 21.1. The lowest BCUT2D eigenvalue weighted by Crippen LogP contribution is -2.63. The summed E-state index contributed by atoms with van der Waals surface area (Å²) in [5.41, 5.74) is -0.655. The monoisotopic (exact) mass is 536 g/mol. The first-order valence-electron chi connectivity index (χ1n) is 11.8. The quantitative estimate of drug-likeness (QED) is 0.510. The highest BCUT2D eigenvalue weighted by Gasteiger charge is 2.92. The third-order valence-electron chi connectivity index (χ3n) is 7.96. The van der Waals surface area contributed by atoms with Crippen molar-refractivity contribution in [1.29, 1.82) is 10.7 Å². The zero-order valence-electron chi connectivity index (χ0n) is 20.3. The highest BCUT2D eigenvalue weighted by Crippen LogP contribution is 2.74.